The van der Waals surface area contributed by atoms with Gasteiger partial charge in [0.25, 0.3) is 5.91 Å². The number of nitrogens with two attached hydrogens (primary N) is 1. The van der Waals surface area contributed by atoms with Gasteiger partial charge in [-0.05, 0) is 52.8 Å². The first kappa shape index (κ1) is 23.9. The normalized spacial score (nSPS) is 12.2. The number of primary amides is 1. The van der Waals surface area contributed by atoms with Crippen molar-refractivity contribution < 1.29 is 32.7 Å². The van der Waals surface area contributed by atoms with Crippen molar-refractivity contribution in [2.24, 2.45) is 5.73 Å². The number of esters is 1. The van der Waals surface area contributed by atoms with Crippen LogP contribution in [0.2, 0.25) is 0 Å². The van der Waals surface area contributed by atoms with Gasteiger partial charge in [-0.3, -0.25) is 14.2 Å². The Morgan fingerprint density at radius 1 is 1.13 bits per heavy atom. The molecule has 30 heavy (non-hydrogen) atoms. The lowest BCUT2D eigenvalue weighted by Crippen LogP contribution is -2.26. The van der Waals surface area contributed by atoms with Crippen LogP contribution in [0.3, 0.4) is 0 Å². The number of hydrogen-bond acceptors (Lipinski definition) is 7. The van der Waals surface area contributed by atoms with Crippen molar-refractivity contribution in [3.63, 3.8) is 0 Å². The summed E-state index contributed by atoms with van der Waals surface area (Å²) in [5.74, 6) is -0.723. The zero-order valence-corrected chi connectivity index (χ0v) is 18.9. The molecule has 2 N–H and O–H groups in total. The molecule has 0 aliphatic rings. The van der Waals surface area contributed by atoms with Crippen molar-refractivity contribution in [1.82, 2.24) is 4.57 Å². The van der Waals surface area contributed by atoms with Crippen molar-refractivity contribution in [3.05, 3.63) is 30.0 Å². The molecule has 0 atom stereocenters. The maximum absolute atomic E-state index is 12.6. The van der Waals surface area contributed by atoms with E-state index in [0.717, 1.165) is 0 Å². The monoisotopic (exact) mass is 440 g/mol. The molecule has 0 aliphatic carbocycles. The topological polar surface area (TPSA) is 119 Å². The number of ether oxygens (including phenoxy) is 2. The molecule has 0 saturated carbocycles. The second-order valence-electron chi connectivity index (χ2n) is 7.52. The third-order valence-electron chi connectivity index (χ3n) is 3.88. The minimum Gasteiger partial charge on any atom is -0.481 e. The van der Waals surface area contributed by atoms with Crippen LogP contribution >= 0.6 is 7.60 Å². The minimum atomic E-state index is -3.39. The summed E-state index contributed by atoms with van der Waals surface area (Å²) >= 11 is 0. The van der Waals surface area contributed by atoms with E-state index in [4.69, 9.17) is 24.3 Å². The third kappa shape index (κ3) is 6.32. The average Bonchev–Trinajstić information content (AvgIpc) is 2.97. The Labute approximate surface area is 175 Å². The molecular weight excluding hydrogens is 411 g/mol. The average molecular weight is 440 g/mol. The Balaban J connectivity index is 2.30. The lowest BCUT2D eigenvalue weighted by atomic mass is 10.1. The van der Waals surface area contributed by atoms with Gasteiger partial charge in [-0.25, -0.2) is 0 Å². The maximum Gasteiger partial charge on any atom is 0.367 e. The molecule has 166 valence electrons. The van der Waals surface area contributed by atoms with Crippen molar-refractivity contribution in [3.8, 4) is 5.75 Å². The maximum atomic E-state index is 12.6. The highest BCUT2D eigenvalue weighted by molar-refractivity contribution is 7.53. The summed E-state index contributed by atoms with van der Waals surface area (Å²) in [6, 6.07) is 4.93. The van der Waals surface area contributed by atoms with Crippen LogP contribution in [-0.4, -0.2) is 41.6 Å². The SMILES string of the molecule is CCOP(=O)(COc1ccc2c(c1)c(C(N)=O)cn2CC(=O)OC(C)(C)C)OCC. The van der Waals surface area contributed by atoms with Crippen LogP contribution in [0, 0.1) is 0 Å². The summed E-state index contributed by atoms with van der Waals surface area (Å²) in [6.45, 7) is 9.12. The molecule has 1 amide bonds. The van der Waals surface area contributed by atoms with Gasteiger partial charge in [0.1, 0.15) is 17.9 Å². The smallest absolute Gasteiger partial charge is 0.367 e. The molecule has 0 radical (unpaired) electrons. The molecule has 0 bridgehead atoms. The van der Waals surface area contributed by atoms with Gasteiger partial charge >= 0.3 is 13.6 Å². The molecule has 10 heteroatoms. The lowest BCUT2D eigenvalue weighted by molar-refractivity contribution is -0.155. The summed E-state index contributed by atoms with van der Waals surface area (Å²) in [5.41, 5.74) is 5.73. The number of fused-ring (bicyclic) bond motifs is 1. The highest BCUT2D eigenvalue weighted by Crippen LogP contribution is 2.48. The van der Waals surface area contributed by atoms with E-state index in [9.17, 15) is 14.2 Å². The molecular formula is C20H29N2O7P. The van der Waals surface area contributed by atoms with E-state index in [0.29, 0.717) is 16.7 Å². The molecule has 1 aromatic heterocycles. The van der Waals surface area contributed by atoms with Gasteiger partial charge in [-0.2, -0.15) is 0 Å². The molecule has 2 aromatic rings. The Hall–Kier alpha value is -2.35. The van der Waals surface area contributed by atoms with E-state index in [-0.39, 0.29) is 31.7 Å². The Bertz CT molecular complexity index is 952. The van der Waals surface area contributed by atoms with E-state index in [2.05, 4.69) is 0 Å². The van der Waals surface area contributed by atoms with Crippen LogP contribution in [0.5, 0.6) is 5.75 Å². The van der Waals surface area contributed by atoms with Crippen LogP contribution in [-0.2, 0) is 29.7 Å². The molecule has 0 fully saturated rings. The molecule has 0 aliphatic heterocycles. The Morgan fingerprint density at radius 3 is 2.30 bits per heavy atom. The second-order valence-corrected chi connectivity index (χ2v) is 9.52. The van der Waals surface area contributed by atoms with Crippen LogP contribution in [0.1, 0.15) is 45.0 Å². The van der Waals surface area contributed by atoms with Crippen LogP contribution in [0.15, 0.2) is 24.4 Å². The van der Waals surface area contributed by atoms with Gasteiger partial charge < -0.3 is 28.8 Å². The largest absolute Gasteiger partial charge is 0.481 e. The van der Waals surface area contributed by atoms with Crippen molar-refractivity contribution in [2.75, 3.05) is 19.6 Å². The van der Waals surface area contributed by atoms with E-state index < -0.39 is 25.1 Å². The summed E-state index contributed by atoms with van der Waals surface area (Å²) < 4.78 is 35.5. The lowest BCUT2D eigenvalue weighted by Gasteiger charge is -2.19. The first-order valence-electron chi connectivity index (χ1n) is 9.63. The molecule has 2 rings (SSSR count). The molecule has 0 spiro atoms. The van der Waals surface area contributed by atoms with Crippen molar-refractivity contribution >= 4 is 30.4 Å². The first-order valence-corrected chi connectivity index (χ1v) is 11.4. The van der Waals surface area contributed by atoms with Crippen molar-refractivity contribution in [1.29, 1.82) is 0 Å². The second kappa shape index (κ2) is 9.64. The number of amides is 1. The van der Waals surface area contributed by atoms with Crippen LogP contribution in [0.4, 0.5) is 0 Å². The quantitative estimate of drug-likeness (QED) is 0.442. The van der Waals surface area contributed by atoms with Gasteiger partial charge in [0.2, 0.25) is 0 Å². The van der Waals surface area contributed by atoms with Gasteiger partial charge in [0.15, 0.2) is 6.35 Å². The highest BCUT2D eigenvalue weighted by Gasteiger charge is 2.25. The molecule has 1 heterocycles. The highest BCUT2D eigenvalue weighted by atomic mass is 31.2. The molecule has 0 unspecified atom stereocenters. The third-order valence-corrected chi connectivity index (χ3v) is 5.63. The van der Waals surface area contributed by atoms with Crippen molar-refractivity contribution in [2.45, 2.75) is 46.8 Å². The number of carbonyl (C=O) groups excluding carboxylic acids is 2. The van der Waals surface area contributed by atoms with Gasteiger partial charge in [-0.15, -0.1) is 0 Å². The van der Waals surface area contributed by atoms with E-state index in [1.807, 2.05) is 0 Å². The fourth-order valence-electron chi connectivity index (χ4n) is 2.86. The summed E-state index contributed by atoms with van der Waals surface area (Å²) in [5, 5.41) is 0.506. The summed E-state index contributed by atoms with van der Waals surface area (Å²) in [7, 11) is -3.39. The Morgan fingerprint density at radius 2 is 1.77 bits per heavy atom. The predicted octanol–water partition coefficient (Wildman–Crippen LogP) is 3.68. The summed E-state index contributed by atoms with van der Waals surface area (Å²) in [6.07, 6.45) is 1.23. The standard InChI is InChI=1S/C20H29N2O7P/c1-6-27-30(25,28-7-2)13-26-14-8-9-17-15(10-14)16(19(21)24)11-22(17)12-18(23)29-20(3,4)5/h8-11H,6-7,12-13H2,1-5H3,(H2,21,24). The predicted molar refractivity (Wildman–Crippen MR) is 113 cm³/mol. The van der Waals surface area contributed by atoms with Gasteiger partial charge in [0, 0.05) is 17.1 Å². The van der Waals surface area contributed by atoms with Crippen LogP contribution in [0.25, 0.3) is 10.9 Å². The zero-order valence-electron chi connectivity index (χ0n) is 18.0. The zero-order chi connectivity index (χ0) is 22.5. The number of benzene rings is 1. The number of aromatic nitrogens is 1. The molecule has 0 saturated heterocycles. The van der Waals surface area contributed by atoms with E-state index in [1.165, 1.54) is 6.20 Å². The fourth-order valence-corrected chi connectivity index (χ4v) is 4.18. The fraction of sp³-hybridized carbons (Fsp3) is 0.500. The minimum absolute atomic E-state index is 0.0782. The number of hydrogen-bond donors (Lipinski definition) is 1. The van der Waals surface area contributed by atoms with Crippen LogP contribution < -0.4 is 10.5 Å². The number of rotatable bonds is 10. The molecule has 9 nitrogen and oxygen atoms in total. The van der Waals surface area contributed by atoms with Gasteiger partial charge in [0.05, 0.1) is 18.8 Å². The number of carbonyl (C=O) groups is 2. The number of nitrogens with zero attached hydrogens (tertiary/aromatic N) is 1. The van der Waals surface area contributed by atoms with Gasteiger partial charge in [-0.1, -0.05) is 0 Å². The summed E-state index contributed by atoms with van der Waals surface area (Å²) in [4.78, 5) is 24.1. The Kier molecular flexibility index (Phi) is 7.69. The molecule has 1 aromatic carbocycles. The first-order chi connectivity index (χ1) is 14.0. The van der Waals surface area contributed by atoms with E-state index in [1.54, 1.807) is 57.4 Å². The van der Waals surface area contributed by atoms with E-state index >= 15 is 0 Å².